The van der Waals surface area contributed by atoms with E-state index in [2.05, 4.69) is 49.4 Å². The summed E-state index contributed by atoms with van der Waals surface area (Å²) >= 11 is 5.26. The molecule has 2 aliphatic carbocycles. The lowest BCUT2D eigenvalue weighted by Crippen LogP contribution is -2.17. The van der Waals surface area contributed by atoms with Gasteiger partial charge in [0.05, 0.1) is 18.0 Å². The monoisotopic (exact) mass is 339 g/mol. The average molecular weight is 340 g/mol. The molecule has 0 bridgehead atoms. The molecule has 1 aliphatic heterocycles. The van der Waals surface area contributed by atoms with E-state index in [1.165, 1.54) is 22.3 Å². The van der Waals surface area contributed by atoms with Crippen molar-refractivity contribution in [1.29, 1.82) is 0 Å². The maximum Gasteiger partial charge on any atom is 0.403 e. The van der Waals surface area contributed by atoms with Gasteiger partial charge in [-0.3, -0.25) is 0 Å². The molecule has 4 heteroatoms. The molecule has 3 aliphatic rings. The zero-order valence-corrected chi connectivity index (χ0v) is 14.2. The number of ether oxygens (including phenoxy) is 1. The third-order valence-corrected chi connectivity index (χ3v) is 5.10. The van der Waals surface area contributed by atoms with E-state index in [9.17, 15) is 4.79 Å². The Bertz CT molecular complexity index is 832. The van der Waals surface area contributed by atoms with Crippen LogP contribution in [0.1, 0.15) is 24.5 Å². The molecule has 0 aromatic heterocycles. The normalized spacial score (nSPS) is 22.2. The summed E-state index contributed by atoms with van der Waals surface area (Å²) in [6.45, 7) is 2.36. The maximum atomic E-state index is 10.8. The van der Waals surface area contributed by atoms with Crippen molar-refractivity contribution in [3.8, 4) is 0 Å². The summed E-state index contributed by atoms with van der Waals surface area (Å²) in [7, 11) is 0. The molecule has 0 saturated heterocycles. The molecule has 0 saturated carbocycles. The lowest BCUT2D eigenvalue weighted by atomic mass is 9.83. The highest BCUT2D eigenvalue weighted by Crippen LogP contribution is 2.40. The average Bonchev–Trinajstić information content (AvgIpc) is 2.97. The lowest BCUT2D eigenvalue weighted by molar-refractivity contribution is 0.149. The first-order valence-corrected chi connectivity index (χ1v) is 8.64. The van der Waals surface area contributed by atoms with Gasteiger partial charge in [0.25, 0.3) is 0 Å². The van der Waals surface area contributed by atoms with Gasteiger partial charge in [0, 0.05) is 34.6 Å². The van der Waals surface area contributed by atoms with Crippen molar-refractivity contribution in [2.24, 2.45) is 16.8 Å². The van der Waals surface area contributed by atoms with E-state index in [-0.39, 0.29) is 11.8 Å². The number of carbonyl (C=O) groups excluding carboxylic acids is 1. The number of aliphatic imine (C=N–C) groups is 1. The van der Waals surface area contributed by atoms with Crippen molar-refractivity contribution in [2.45, 2.75) is 19.8 Å². The third-order valence-electron chi connectivity index (χ3n) is 4.99. The summed E-state index contributed by atoms with van der Waals surface area (Å²) < 4.78 is 4.92. The molecule has 2 unspecified atom stereocenters. The van der Waals surface area contributed by atoms with Crippen LogP contribution < -0.4 is 0 Å². The molecule has 1 heterocycles. The lowest BCUT2D eigenvalue weighted by Gasteiger charge is -2.21. The van der Waals surface area contributed by atoms with Crippen LogP contribution in [0.4, 0.5) is 4.79 Å². The van der Waals surface area contributed by atoms with Gasteiger partial charge in [-0.25, -0.2) is 9.79 Å². The van der Waals surface area contributed by atoms with E-state index >= 15 is 0 Å². The van der Waals surface area contributed by atoms with Crippen LogP contribution in [-0.2, 0) is 11.2 Å². The van der Waals surface area contributed by atoms with Crippen LogP contribution in [0.25, 0.3) is 0 Å². The van der Waals surface area contributed by atoms with Gasteiger partial charge in [-0.05, 0) is 24.0 Å². The Morgan fingerprint density at radius 2 is 2.21 bits per heavy atom. The molecule has 1 aromatic rings. The number of carbonyl (C=O) groups is 1. The predicted molar refractivity (Wildman–Crippen MR) is 95.4 cm³/mol. The van der Waals surface area contributed by atoms with Crippen LogP contribution >= 0.6 is 11.6 Å². The molecule has 2 atom stereocenters. The molecule has 0 spiro atoms. The van der Waals surface area contributed by atoms with Crippen molar-refractivity contribution in [3.05, 3.63) is 70.5 Å². The van der Waals surface area contributed by atoms with Crippen molar-refractivity contribution < 1.29 is 9.53 Å². The number of aryl methyl sites for hydroxylation is 1. The van der Waals surface area contributed by atoms with Crippen LogP contribution in [-0.4, -0.2) is 17.7 Å². The Balaban J connectivity index is 1.64. The molecule has 0 N–H and O–H groups in total. The quantitative estimate of drug-likeness (QED) is 0.741. The van der Waals surface area contributed by atoms with Crippen LogP contribution in [0.2, 0.25) is 0 Å². The summed E-state index contributed by atoms with van der Waals surface area (Å²) in [5, 5.41) is 0. The number of fused-ring (bicyclic) bond motifs is 4. The minimum absolute atomic E-state index is 0.165. The van der Waals surface area contributed by atoms with Gasteiger partial charge in [-0.2, -0.15) is 0 Å². The Kier molecular flexibility index (Phi) is 3.89. The fourth-order valence-corrected chi connectivity index (χ4v) is 3.72. The summed E-state index contributed by atoms with van der Waals surface area (Å²) in [6, 6.07) is 8.52. The number of hydrogen-bond acceptors (Lipinski definition) is 3. The standard InChI is InChI=1S/C20H18ClNO2/c1-12(11-24-20(21)23)14-7-8-16-17-9-6-13-4-2-3-5-15(13)19(17)22-18(16)10-14/h2-5,7-8,10,12,14H,6,9,11H2,1H3. The van der Waals surface area contributed by atoms with E-state index in [4.69, 9.17) is 21.3 Å². The second kappa shape index (κ2) is 6.06. The van der Waals surface area contributed by atoms with Crippen LogP contribution in [0, 0.1) is 11.8 Å². The molecule has 1 aromatic carbocycles. The van der Waals surface area contributed by atoms with E-state index < -0.39 is 5.43 Å². The summed E-state index contributed by atoms with van der Waals surface area (Å²) in [6.07, 6.45) is 8.65. The van der Waals surface area contributed by atoms with Crippen molar-refractivity contribution >= 4 is 22.7 Å². The van der Waals surface area contributed by atoms with Gasteiger partial charge >= 0.3 is 5.43 Å². The molecule has 3 nitrogen and oxygen atoms in total. The zero-order chi connectivity index (χ0) is 16.7. The third kappa shape index (κ3) is 2.63. The topological polar surface area (TPSA) is 38.7 Å². The van der Waals surface area contributed by atoms with E-state index in [0.717, 1.165) is 24.3 Å². The first-order chi connectivity index (χ1) is 11.6. The molecule has 24 heavy (non-hydrogen) atoms. The number of nitrogens with zero attached hydrogens (tertiary/aromatic N) is 1. The van der Waals surface area contributed by atoms with Crippen LogP contribution in [0.15, 0.2) is 64.3 Å². The first-order valence-electron chi connectivity index (χ1n) is 8.26. The minimum atomic E-state index is -0.749. The van der Waals surface area contributed by atoms with Gasteiger partial charge in [0.15, 0.2) is 0 Å². The SMILES string of the molecule is CC(COC(=O)Cl)C1C=CC2=C3CCc4ccccc4C3=NC2=C1. The van der Waals surface area contributed by atoms with Crippen molar-refractivity contribution in [1.82, 2.24) is 0 Å². The van der Waals surface area contributed by atoms with Crippen LogP contribution in [0.5, 0.6) is 0 Å². The highest BCUT2D eigenvalue weighted by molar-refractivity contribution is 6.61. The molecular weight excluding hydrogens is 322 g/mol. The second-order valence-electron chi connectivity index (χ2n) is 6.52. The maximum absolute atomic E-state index is 10.8. The van der Waals surface area contributed by atoms with E-state index in [0.29, 0.717) is 6.61 Å². The van der Waals surface area contributed by atoms with Gasteiger partial charge < -0.3 is 4.74 Å². The van der Waals surface area contributed by atoms with Gasteiger partial charge in [-0.1, -0.05) is 49.4 Å². The number of halogens is 1. The highest BCUT2D eigenvalue weighted by atomic mass is 35.5. The molecule has 4 rings (SSSR count). The largest absolute Gasteiger partial charge is 0.453 e. The minimum Gasteiger partial charge on any atom is -0.453 e. The van der Waals surface area contributed by atoms with E-state index in [1.807, 2.05) is 0 Å². The zero-order valence-electron chi connectivity index (χ0n) is 13.5. The van der Waals surface area contributed by atoms with Crippen molar-refractivity contribution in [2.75, 3.05) is 6.61 Å². The van der Waals surface area contributed by atoms with E-state index in [1.54, 1.807) is 0 Å². The first kappa shape index (κ1) is 15.4. The Labute approximate surface area is 146 Å². The molecular formula is C20H18ClNO2. The summed E-state index contributed by atoms with van der Waals surface area (Å²) in [5.41, 5.74) is 6.67. The number of rotatable bonds is 3. The Morgan fingerprint density at radius 1 is 1.38 bits per heavy atom. The fraction of sp³-hybridized carbons (Fsp3) is 0.300. The predicted octanol–water partition coefficient (Wildman–Crippen LogP) is 4.81. The summed E-state index contributed by atoms with van der Waals surface area (Å²) in [5.74, 6) is 0.359. The van der Waals surface area contributed by atoms with Crippen LogP contribution in [0.3, 0.4) is 0 Å². The molecule has 0 fully saturated rings. The number of allylic oxidation sites excluding steroid dienone is 4. The van der Waals surface area contributed by atoms with Crippen molar-refractivity contribution in [3.63, 3.8) is 0 Å². The highest BCUT2D eigenvalue weighted by Gasteiger charge is 2.30. The second-order valence-corrected chi connectivity index (χ2v) is 6.83. The Morgan fingerprint density at radius 3 is 3.04 bits per heavy atom. The molecule has 0 amide bonds. The van der Waals surface area contributed by atoms with Gasteiger partial charge in [0.2, 0.25) is 0 Å². The smallest absolute Gasteiger partial charge is 0.403 e. The number of hydrogen-bond donors (Lipinski definition) is 0. The van der Waals surface area contributed by atoms with Gasteiger partial charge in [-0.15, -0.1) is 0 Å². The number of benzene rings is 1. The summed E-state index contributed by atoms with van der Waals surface area (Å²) in [4.78, 5) is 15.7. The molecule has 122 valence electrons. The molecule has 0 radical (unpaired) electrons. The van der Waals surface area contributed by atoms with Gasteiger partial charge in [0.1, 0.15) is 0 Å². The fourth-order valence-electron chi connectivity index (χ4n) is 3.66. The Hall–Kier alpha value is -2.13.